The molecule has 2 heterocycles. The van der Waals surface area contributed by atoms with Crippen molar-refractivity contribution in [1.29, 1.82) is 0 Å². The van der Waals surface area contributed by atoms with Gasteiger partial charge in [-0.05, 0) is 60.6 Å². The zero-order valence-electron chi connectivity index (χ0n) is 23.2. The van der Waals surface area contributed by atoms with E-state index in [0.29, 0.717) is 48.7 Å². The molecule has 0 unspecified atom stereocenters. The van der Waals surface area contributed by atoms with Crippen molar-refractivity contribution in [2.45, 2.75) is 79.8 Å². The van der Waals surface area contributed by atoms with Gasteiger partial charge >= 0.3 is 0 Å². The molecule has 2 rings (SSSR count). The second-order valence-electron chi connectivity index (χ2n) is 9.74. The lowest BCUT2D eigenvalue weighted by Crippen LogP contribution is -2.19. The number of hydrogen-bond acceptors (Lipinski definition) is 10. The summed E-state index contributed by atoms with van der Waals surface area (Å²) in [5.74, 6) is 1.21. The lowest BCUT2D eigenvalue weighted by Gasteiger charge is -2.20. The summed E-state index contributed by atoms with van der Waals surface area (Å²) < 4.78 is 27.0. The van der Waals surface area contributed by atoms with E-state index >= 15 is 0 Å². The first kappa shape index (κ1) is 30.9. The molecule has 0 saturated carbocycles. The van der Waals surface area contributed by atoms with Crippen molar-refractivity contribution in [2.24, 2.45) is 0 Å². The molecular formula is C26H40N4O6. The predicted octanol–water partition coefficient (Wildman–Crippen LogP) is 4.81. The van der Waals surface area contributed by atoms with Crippen molar-refractivity contribution in [3.8, 4) is 11.8 Å². The Labute approximate surface area is 214 Å². The average molecular weight is 505 g/mol. The Morgan fingerprint density at radius 3 is 1.58 bits per heavy atom. The molecule has 0 bridgehead atoms. The minimum absolute atomic E-state index is 0.128. The van der Waals surface area contributed by atoms with Crippen molar-refractivity contribution < 1.29 is 28.5 Å². The summed E-state index contributed by atoms with van der Waals surface area (Å²) in [6.45, 7) is 20.3. The van der Waals surface area contributed by atoms with E-state index in [4.69, 9.17) is 23.7 Å². The lowest BCUT2D eigenvalue weighted by molar-refractivity contribution is -0.0162. The average Bonchev–Trinajstić information content (AvgIpc) is 2.80. The highest BCUT2D eigenvalue weighted by Crippen LogP contribution is 2.22. The van der Waals surface area contributed by atoms with Crippen molar-refractivity contribution in [2.75, 3.05) is 20.8 Å². The van der Waals surface area contributed by atoms with Gasteiger partial charge in [0.2, 0.25) is 11.8 Å². The third-order valence-electron chi connectivity index (χ3n) is 4.34. The monoisotopic (exact) mass is 504 g/mol. The van der Waals surface area contributed by atoms with Gasteiger partial charge in [-0.3, -0.25) is 4.79 Å². The molecule has 0 N–H and O–H groups in total. The first-order valence-corrected chi connectivity index (χ1v) is 11.6. The first-order chi connectivity index (χ1) is 16.7. The topological polar surface area (TPSA) is 115 Å². The number of methoxy groups -OCH3 is 2. The molecule has 0 aliphatic heterocycles. The summed E-state index contributed by atoms with van der Waals surface area (Å²) in [5, 5.41) is 15.6. The summed E-state index contributed by atoms with van der Waals surface area (Å²) in [6, 6.07) is 3.48. The third-order valence-corrected chi connectivity index (χ3v) is 4.34. The Morgan fingerprint density at radius 1 is 0.806 bits per heavy atom. The summed E-state index contributed by atoms with van der Waals surface area (Å²) in [4.78, 5) is 11.2. The maximum Gasteiger partial charge on any atom is 0.238 e. The van der Waals surface area contributed by atoms with Gasteiger partial charge in [0.25, 0.3) is 0 Å². The minimum Gasteiger partial charge on any atom is -0.492 e. The third kappa shape index (κ3) is 11.1. The van der Waals surface area contributed by atoms with Crippen LogP contribution in [0.5, 0.6) is 11.8 Å². The van der Waals surface area contributed by atoms with Gasteiger partial charge in [-0.2, -0.15) is 0 Å². The van der Waals surface area contributed by atoms with Crippen LogP contribution in [0.25, 0.3) is 5.76 Å². The van der Waals surface area contributed by atoms with Gasteiger partial charge in [-0.1, -0.05) is 6.58 Å². The highest BCUT2D eigenvalue weighted by Gasteiger charge is 2.16. The predicted molar refractivity (Wildman–Crippen MR) is 137 cm³/mol. The van der Waals surface area contributed by atoms with Crippen molar-refractivity contribution >= 4 is 11.5 Å². The number of ether oxygens (including phenoxy) is 5. The smallest absolute Gasteiger partial charge is 0.238 e. The number of hydrogen-bond donors (Lipinski definition) is 0. The SMILES string of the molecule is C=C(OCC)c1cc(COC(C)(C)C)c(OC)nn1.COc1nnc(C(C)=O)cc1COC(C)(C)C. The van der Waals surface area contributed by atoms with Crippen LogP contribution in [-0.2, 0) is 27.4 Å². The Bertz CT molecular complexity index is 1010. The molecule has 2 aromatic rings. The fourth-order valence-electron chi connectivity index (χ4n) is 2.53. The molecule has 0 saturated heterocycles. The van der Waals surface area contributed by atoms with E-state index in [2.05, 4.69) is 27.0 Å². The molecule has 0 radical (unpaired) electrons. The number of carbonyl (C=O) groups is 1. The molecule has 36 heavy (non-hydrogen) atoms. The maximum absolute atomic E-state index is 11.2. The van der Waals surface area contributed by atoms with E-state index in [9.17, 15) is 4.79 Å². The Morgan fingerprint density at radius 2 is 1.22 bits per heavy atom. The molecular weight excluding hydrogens is 464 g/mol. The van der Waals surface area contributed by atoms with Crippen LogP contribution in [0.1, 0.15) is 82.7 Å². The summed E-state index contributed by atoms with van der Waals surface area (Å²) in [7, 11) is 3.07. The molecule has 0 fully saturated rings. The molecule has 0 aliphatic carbocycles. The van der Waals surface area contributed by atoms with E-state index in [-0.39, 0.29) is 17.0 Å². The number of ketones is 1. The van der Waals surface area contributed by atoms with E-state index in [1.807, 2.05) is 54.5 Å². The summed E-state index contributed by atoms with van der Waals surface area (Å²) >= 11 is 0. The molecule has 0 spiro atoms. The van der Waals surface area contributed by atoms with Gasteiger partial charge < -0.3 is 23.7 Å². The first-order valence-electron chi connectivity index (χ1n) is 11.6. The van der Waals surface area contributed by atoms with Gasteiger partial charge in [-0.25, -0.2) is 0 Å². The molecule has 0 amide bonds. The highest BCUT2D eigenvalue weighted by atomic mass is 16.5. The Balaban J connectivity index is 0.000000362. The van der Waals surface area contributed by atoms with Gasteiger partial charge in [0.05, 0.1) is 45.2 Å². The van der Waals surface area contributed by atoms with Crippen LogP contribution in [0.2, 0.25) is 0 Å². The molecule has 10 nitrogen and oxygen atoms in total. The van der Waals surface area contributed by atoms with E-state index in [1.54, 1.807) is 13.2 Å². The molecule has 200 valence electrons. The van der Waals surface area contributed by atoms with Crippen LogP contribution in [0, 0.1) is 0 Å². The second-order valence-corrected chi connectivity index (χ2v) is 9.74. The standard InChI is InChI=1S/C14H22N2O3.C12H18N2O3/c1-7-18-10(2)12-8-11(9-19-14(3,4)5)13(17-6)16-15-12;1-8(15)10-6-9(7-17-12(2,3)4)11(16-5)14-13-10/h8H,2,7,9H2,1,3-6H3;6H,7H2,1-5H3. The van der Waals surface area contributed by atoms with E-state index < -0.39 is 0 Å². The number of Topliss-reactive ketones (excluding diaryl/α,β-unsaturated/α-hetero) is 1. The van der Waals surface area contributed by atoms with Gasteiger partial charge in [0, 0.05) is 18.1 Å². The quantitative estimate of drug-likeness (QED) is 0.330. The van der Waals surface area contributed by atoms with Crippen LogP contribution in [0.4, 0.5) is 0 Å². The van der Waals surface area contributed by atoms with E-state index in [0.717, 1.165) is 11.1 Å². The van der Waals surface area contributed by atoms with Crippen molar-refractivity contribution in [3.63, 3.8) is 0 Å². The normalized spacial score (nSPS) is 11.3. The fourth-order valence-corrected chi connectivity index (χ4v) is 2.53. The molecule has 0 atom stereocenters. The van der Waals surface area contributed by atoms with Crippen LogP contribution >= 0.6 is 0 Å². The molecule has 10 heteroatoms. The zero-order valence-corrected chi connectivity index (χ0v) is 23.2. The molecule has 2 aromatic heterocycles. The van der Waals surface area contributed by atoms with E-state index in [1.165, 1.54) is 14.0 Å². The van der Waals surface area contributed by atoms with Gasteiger partial charge in [0.1, 0.15) is 17.1 Å². The number of rotatable bonds is 10. The maximum atomic E-state index is 11.2. The lowest BCUT2D eigenvalue weighted by atomic mass is 10.2. The van der Waals surface area contributed by atoms with Crippen LogP contribution < -0.4 is 9.47 Å². The number of nitrogens with zero attached hydrogens (tertiary/aromatic N) is 4. The molecule has 0 aliphatic rings. The Hall–Kier alpha value is -3.11. The minimum atomic E-state index is -0.259. The van der Waals surface area contributed by atoms with Crippen LogP contribution in [0.3, 0.4) is 0 Å². The largest absolute Gasteiger partial charge is 0.492 e. The van der Waals surface area contributed by atoms with Crippen LogP contribution in [-0.4, -0.2) is 58.2 Å². The van der Waals surface area contributed by atoms with Gasteiger partial charge in [-0.15, -0.1) is 20.4 Å². The zero-order chi connectivity index (χ0) is 27.5. The summed E-state index contributed by atoms with van der Waals surface area (Å²) in [6.07, 6.45) is 0. The summed E-state index contributed by atoms with van der Waals surface area (Å²) in [5.41, 5.74) is 1.97. The Kier molecular flexibility index (Phi) is 11.9. The van der Waals surface area contributed by atoms with Crippen molar-refractivity contribution in [1.82, 2.24) is 20.4 Å². The second kappa shape index (κ2) is 13.8. The van der Waals surface area contributed by atoms with Crippen LogP contribution in [0.15, 0.2) is 18.7 Å². The van der Waals surface area contributed by atoms with Crippen molar-refractivity contribution in [3.05, 3.63) is 41.2 Å². The number of carbonyl (C=O) groups excluding carboxylic acids is 1. The number of aromatic nitrogens is 4. The van der Waals surface area contributed by atoms with Gasteiger partial charge in [0.15, 0.2) is 5.78 Å². The highest BCUT2D eigenvalue weighted by molar-refractivity contribution is 5.92. The molecule has 0 aromatic carbocycles. The fraction of sp³-hybridized carbons (Fsp3) is 0.577.